The number of hydrogen-bond donors (Lipinski definition) is 5. The number of aliphatic hydroxyl groups is 1. The first-order valence-electron chi connectivity index (χ1n) is 14.7. The Labute approximate surface area is 258 Å². The number of carbonyl (C=O) groups excluding carboxylic acids is 2. The first-order chi connectivity index (χ1) is 21.2. The molecule has 4 aromatic rings. The third kappa shape index (κ3) is 9.65. The van der Waals surface area contributed by atoms with Gasteiger partial charge in [0.2, 0.25) is 5.91 Å². The summed E-state index contributed by atoms with van der Waals surface area (Å²) in [7, 11) is 1.62. The lowest BCUT2D eigenvalue weighted by Gasteiger charge is -2.17. The lowest BCUT2D eigenvalue weighted by atomic mass is 10.0. The van der Waals surface area contributed by atoms with Crippen molar-refractivity contribution in [3.8, 4) is 5.75 Å². The summed E-state index contributed by atoms with van der Waals surface area (Å²) >= 11 is 0. The van der Waals surface area contributed by atoms with Gasteiger partial charge in [-0.3, -0.25) is 9.59 Å². The molecule has 3 atom stereocenters. The molecule has 9 heteroatoms. The molecule has 0 radical (unpaired) electrons. The molecule has 0 aliphatic rings. The first kappa shape index (κ1) is 32.2. The standard InChI is InChI=1S/C35H41N5O4/c1-23(37-22-32(41)30-14-17-33(36)38-21-30)18-25-4-6-26(7-5-25)19-34(42)39-20-27-8-10-29(11-9-27)35(43)40-24(2)28-12-15-31(44-3)16-13-28/h4-17,21,23-24,32,37,41H,18-20,22H2,1-3H3,(H2,36,38)(H,39,42)(H,40,43)/t23?,24-,32+/m1/s1. The molecule has 1 heterocycles. The SMILES string of the molecule is COc1ccc([C@@H](C)NC(=O)c2ccc(CNC(=O)Cc3ccc(CC(C)NC[C@H](O)c4ccc(N)nc4)cc3)cc2)cc1. The van der Waals surface area contributed by atoms with E-state index in [1.54, 1.807) is 37.6 Å². The largest absolute Gasteiger partial charge is 0.497 e. The number of anilines is 1. The van der Waals surface area contributed by atoms with Gasteiger partial charge in [0.25, 0.3) is 5.91 Å². The summed E-state index contributed by atoms with van der Waals surface area (Å²) in [5.41, 5.74) is 10.8. The van der Waals surface area contributed by atoms with Crippen molar-refractivity contribution >= 4 is 17.6 Å². The van der Waals surface area contributed by atoms with Crippen LogP contribution in [0.1, 0.15) is 64.2 Å². The molecule has 0 spiro atoms. The first-order valence-corrected chi connectivity index (χ1v) is 14.7. The van der Waals surface area contributed by atoms with Crippen LogP contribution >= 0.6 is 0 Å². The lowest BCUT2D eigenvalue weighted by molar-refractivity contribution is -0.120. The van der Waals surface area contributed by atoms with Crippen LogP contribution in [0.25, 0.3) is 0 Å². The Kier molecular flexibility index (Phi) is 11.5. The number of amides is 2. The third-order valence-electron chi connectivity index (χ3n) is 7.45. The van der Waals surface area contributed by atoms with Gasteiger partial charge in [-0.05, 0) is 72.9 Å². The lowest BCUT2D eigenvalue weighted by Crippen LogP contribution is -2.32. The summed E-state index contributed by atoms with van der Waals surface area (Å²) in [6.45, 7) is 4.79. The predicted molar refractivity (Wildman–Crippen MR) is 172 cm³/mol. The highest BCUT2D eigenvalue weighted by Crippen LogP contribution is 2.18. The van der Waals surface area contributed by atoms with Crippen molar-refractivity contribution in [2.24, 2.45) is 0 Å². The molecule has 3 aromatic carbocycles. The summed E-state index contributed by atoms with van der Waals surface area (Å²) < 4.78 is 5.19. The van der Waals surface area contributed by atoms with Gasteiger partial charge in [0.1, 0.15) is 11.6 Å². The van der Waals surface area contributed by atoms with E-state index < -0.39 is 6.10 Å². The van der Waals surface area contributed by atoms with E-state index in [2.05, 4.69) is 27.9 Å². The van der Waals surface area contributed by atoms with Gasteiger partial charge in [-0.15, -0.1) is 0 Å². The fourth-order valence-electron chi connectivity index (χ4n) is 4.74. The second-order valence-electron chi connectivity index (χ2n) is 11.0. The van der Waals surface area contributed by atoms with E-state index in [1.807, 2.05) is 67.6 Å². The number of aliphatic hydroxyl groups excluding tert-OH is 1. The highest BCUT2D eigenvalue weighted by Gasteiger charge is 2.13. The Bertz CT molecular complexity index is 1490. The molecule has 230 valence electrons. The number of ether oxygens (including phenoxy) is 1. The molecule has 1 unspecified atom stereocenters. The molecule has 0 aliphatic heterocycles. The maximum absolute atomic E-state index is 12.7. The number of nitrogens with two attached hydrogens (primary N) is 1. The van der Waals surface area contributed by atoms with E-state index >= 15 is 0 Å². The van der Waals surface area contributed by atoms with Crippen molar-refractivity contribution in [2.75, 3.05) is 19.4 Å². The molecule has 1 aromatic heterocycles. The van der Waals surface area contributed by atoms with Gasteiger partial charge in [0.15, 0.2) is 0 Å². The molecular formula is C35H41N5O4. The number of nitrogens with one attached hydrogen (secondary N) is 3. The molecular weight excluding hydrogens is 554 g/mol. The predicted octanol–water partition coefficient (Wildman–Crippen LogP) is 4.28. The summed E-state index contributed by atoms with van der Waals surface area (Å²) in [6, 6.07) is 26.3. The van der Waals surface area contributed by atoms with E-state index in [1.165, 1.54) is 0 Å². The minimum atomic E-state index is -0.663. The smallest absolute Gasteiger partial charge is 0.251 e. The number of nitrogens with zero attached hydrogens (tertiary/aromatic N) is 1. The van der Waals surface area contributed by atoms with Crippen LogP contribution in [0.3, 0.4) is 0 Å². The minimum Gasteiger partial charge on any atom is -0.497 e. The van der Waals surface area contributed by atoms with Gasteiger partial charge in [-0.25, -0.2) is 4.98 Å². The molecule has 0 saturated carbocycles. The number of benzene rings is 3. The van der Waals surface area contributed by atoms with Crippen molar-refractivity contribution in [3.05, 3.63) is 125 Å². The number of rotatable bonds is 14. The van der Waals surface area contributed by atoms with Gasteiger partial charge in [0.05, 0.1) is 25.7 Å². The van der Waals surface area contributed by atoms with Crippen LogP contribution in [-0.4, -0.2) is 41.6 Å². The van der Waals surface area contributed by atoms with E-state index in [0.29, 0.717) is 24.5 Å². The second kappa shape index (κ2) is 15.7. The van der Waals surface area contributed by atoms with E-state index in [0.717, 1.165) is 40.0 Å². The molecule has 44 heavy (non-hydrogen) atoms. The average molecular weight is 596 g/mol. The zero-order valence-electron chi connectivity index (χ0n) is 25.4. The van der Waals surface area contributed by atoms with E-state index in [4.69, 9.17) is 10.5 Å². The van der Waals surface area contributed by atoms with Crippen molar-refractivity contribution < 1.29 is 19.4 Å². The van der Waals surface area contributed by atoms with E-state index in [9.17, 15) is 14.7 Å². The zero-order chi connectivity index (χ0) is 31.5. The third-order valence-corrected chi connectivity index (χ3v) is 7.45. The summed E-state index contributed by atoms with van der Waals surface area (Å²) in [6.07, 6.45) is 1.99. The van der Waals surface area contributed by atoms with Gasteiger partial charge in [-0.2, -0.15) is 0 Å². The normalized spacial score (nSPS) is 13.0. The Morgan fingerprint density at radius 3 is 2.14 bits per heavy atom. The number of nitrogen functional groups attached to an aromatic ring is 1. The average Bonchev–Trinajstić information content (AvgIpc) is 3.04. The fourth-order valence-corrected chi connectivity index (χ4v) is 4.74. The molecule has 0 bridgehead atoms. The van der Waals surface area contributed by atoms with Crippen molar-refractivity contribution in [2.45, 2.75) is 51.4 Å². The molecule has 0 fully saturated rings. The number of carbonyl (C=O) groups is 2. The minimum absolute atomic E-state index is 0.0749. The van der Waals surface area contributed by atoms with E-state index in [-0.39, 0.29) is 30.3 Å². The van der Waals surface area contributed by atoms with Gasteiger partial charge in [-0.1, -0.05) is 54.6 Å². The quantitative estimate of drug-likeness (QED) is 0.147. The topological polar surface area (TPSA) is 139 Å². The van der Waals surface area contributed by atoms with Gasteiger partial charge < -0.3 is 31.5 Å². The van der Waals surface area contributed by atoms with Crippen LogP contribution < -0.4 is 26.4 Å². The maximum atomic E-state index is 12.7. The van der Waals surface area contributed by atoms with Gasteiger partial charge >= 0.3 is 0 Å². The molecule has 6 N–H and O–H groups in total. The Morgan fingerprint density at radius 2 is 1.50 bits per heavy atom. The number of pyridine rings is 1. The van der Waals surface area contributed by atoms with Crippen LogP contribution in [0, 0.1) is 0 Å². The summed E-state index contributed by atoms with van der Waals surface area (Å²) in [5, 5.41) is 19.7. The number of hydrogen-bond acceptors (Lipinski definition) is 7. The molecule has 0 saturated heterocycles. The highest BCUT2D eigenvalue weighted by atomic mass is 16.5. The summed E-state index contributed by atoms with van der Waals surface area (Å²) in [4.78, 5) is 29.3. The second-order valence-corrected chi connectivity index (χ2v) is 11.0. The van der Waals surface area contributed by atoms with Crippen LogP contribution in [0.2, 0.25) is 0 Å². The highest BCUT2D eigenvalue weighted by molar-refractivity contribution is 5.94. The maximum Gasteiger partial charge on any atom is 0.251 e. The Hall–Kier alpha value is -4.73. The van der Waals surface area contributed by atoms with Crippen molar-refractivity contribution in [3.63, 3.8) is 0 Å². The van der Waals surface area contributed by atoms with Gasteiger partial charge in [0, 0.05) is 36.5 Å². The number of methoxy groups -OCH3 is 1. The van der Waals surface area contributed by atoms with Crippen molar-refractivity contribution in [1.29, 1.82) is 0 Å². The Morgan fingerprint density at radius 1 is 0.864 bits per heavy atom. The molecule has 9 nitrogen and oxygen atoms in total. The van der Waals surface area contributed by atoms with Crippen LogP contribution in [-0.2, 0) is 24.2 Å². The van der Waals surface area contributed by atoms with Crippen LogP contribution in [0.5, 0.6) is 5.75 Å². The Balaban J connectivity index is 1.17. The fraction of sp³-hybridized carbons (Fsp3) is 0.286. The zero-order valence-corrected chi connectivity index (χ0v) is 25.4. The summed E-state index contributed by atoms with van der Waals surface area (Å²) in [5.74, 6) is 0.957. The molecule has 4 rings (SSSR count). The number of aromatic nitrogens is 1. The molecule has 0 aliphatic carbocycles. The monoisotopic (exact) mass is 595 g/mol. The molecule has 2 amide bonds. The van der Waals surface area contributed by atoms with Crippen LogP contribution in [0.15, 0.2) is 91.1 Å². The van der Waals surface area contributed by atoms with Crippen LogP contribution in [0.4, 0.5) is 5.82 Å². The van der Waals surface area contributed by atoms with Crippen molar-refractivity contribution in [1.82, 2.24) is 20.9 Å².